The normalized spacial score (nSPS) is 17.8. The van der Waals surface area contributed by atoms with E-state index in [2.05, 4.69) is 5.32 Å². The predicted octanol–water partition coefficient (Wildman–Crippen LogP) is 1.61. The molecule has 22 heavy (non-hydrogen) atoms. The fraction of sp³-hybridized carbons (Fsp3) is 0.412. The molecule has 0 bridgehead atoms. The summed E-state index contributed by atoms with van der Waals surface area (Å²) in [6.45, 7) is 3.48. The third kappa shape index (κ3) is 3.20. The molecule has 1 aliphatic rings. The fourth-order valence-electron chi connectivity index (χ4n) is 2.81. The lowest BCUT2D eigenvalue weighted by molar-refractivity contribution is -0.122. The molecule has 1 atom stereocenters. The average molecular weight is 300 g/mol. The van der Waals surface area contributed by atoms with Crippen molar-refractivity contribution in [2.75, 3.05) is 13.2 Å². The lowest BCUT2D eigenvalue weighted by Crippen LogP contribution is -2.34. The first kappa shape index (κ1) is 14.8. The van der Waals surface area contributed by atoms with Crippen molar-refractivity contribution in [3.63, 3.8) is 0 Å². The van der Waals surface area contributed by atoms with E-state index in [1.807, 2.05) is 25.1 Å². The quantitative estimate of drug-likeness (QED) is 0.933. The molecule has 3 rings (SSSR count). The van der Waals surface area contributed by atoms with E-state index in [1.165, 1.54) is 6.07 Å². The fourth-order valence-corrected chi connectivity index (χ4v) is 2.81. The second kappa shape index (κ2) is 6.32. The van der Waals surface area contributed by atoms with Crippen LogP contribution in [0.4, 0.5) is 0 Å². The summed E-state index contributed by atoms with van der Waals surface area (Å²) in [6.07, 6.45) is 3.87. The summed E-state index contributed by atoms with van der Waals surface area (Å²) in [5.41, 5.74) is 1.80. The van der Waals surface area contributed by atoms with E-state index < -0.39 is 0 Å². The van der Waals surface area contributed by atoms with Crippen LogP contribution in [-0.4, -0.2) is 29.7 Å². The van der Waals surface area contributed by atoms with Gasteiger partial charge in [0.15, 0.2) is 5.43 Å². The molecular formula is C17H20N2O3. The molecule has 0 saturated carbocycles. The van der Waals surface area contributed by atoms with Crippen molar-refractivity contribution in [3.05, 3.63) is 46.2 Å². The van der Waals surface area contributed by atoms with Crippen LogP contribution < -0.4 is 10.7 Å². The Hall–Kier alpha value is -2.14. The van der Waals surface area contributed by atoms with Crippen molar-refractivity contribution < 1.29 is 9.53 Å². The number of carbonyl (C=O) groups is 1. The van der Waals surface area contributed by atoms with Crippen molar-refractivity contribution in [2.45, 2.75) is 32.4 Å². The highest BCUT2D eigenvalue weighted by atomic mass is 16.5. The zero-order valence-electron chi connectivity index (χ0n) is 12.7. The van der Waals surface area contributed by atoms with Crippen LogP contribution in [0, 0.1) is 6.92 Å². The molecule has 1 fully saturated rings. The number of nitrogens with one attached hydrogen (secondary N) is 1. The first-order chi connectivity index (χ1) is 10.6. The molecule has 1 aromatic carbocycles. The van der Waals surface area contributed by atoms with Crippen LogP contribution in [0.15, 0.2) is 35.3 Å². The molecule has 1 N–H and O–H groups in total. The van der Waals surface area contributed by atoms with Crippen molar-refractivity contribution >= 4 is 16.8 Å². The maximum absolute atomic E-state index is 12.1. The number of nitrogens with zero attached hydrogens (tertiary/aromatic N) is 1. The number of hydrogen-bond acceptors (Lipinski definition) is 3. The van der Waals surface area contributed by atoms with Crippen molar-refractivity contribution in [2.24, 2.45) is 0 Å². The van der Waals surface area contributed by atoms with Gasteiger partial charge in [0.25, 0.3) is 0 Å². The standard InChI is InChI=1S/C17H20N2O3/c1-12-4-5-15-14(9-12)16(20)6-7-19(15)11-17(21)18-10-13-3-2-8-22-13/h4-7,9,13H,2-3,8,10-11H2,1H3,(H,18,21)/t13-/m0/s1. The second-order valence-corrected chi connectivity index (χ2v) is 5.77. The molecule has 5 nitrogen and oxygen atoms in total. The molecule has 1 aromatic heterocycles. The number of carbonyl (C=O) groups excluding carboxylic acids is 1. The van der Waals surface area contributed by atoms with E-state index in [9.17, 15) is 9.59 Å². The van der Waals surface area contributed by atoms with E-state index in [0.29, 0.717) is 11.9 Å². The molecule has 1 aliphatic heterocycles. The SMILES string of the molecule is Cc1ccc2c(c1)c(=O)ccn2CC(=O)NC[C@@H]1CCCO1. The Morgan fingerprint density at radius 1 is 1.41 bits per heavy atom. The van der Waals surface area contributed by atoms with Gasteiger partial charge in [-0.25, -0.2) is 0 Å². The number of amides is 1. The minimum Gasteiger partial charge on any atom is -0.376 e. The highest BCUT2D eigenvalue weighted by Crippen LogP contribution is 2.13. The Labute approximate surface area is 128 Å². The summed E-state index contributed by atoms with van der Waals surface area (Å²) in [5.74, 6) is -0.0685. The Balaban J connectivity index is 1.74. The van der Waals surface area contributed by atoms with Crippen molar-refractivity contribution in [1.82, 2.24) is 9.88 Å². The smallest absolute Gasteiger partial charge is 0.240 e. The third-order valence-corrected chi connectivity index (χ3v) is 4.00. The summed E-state index contributed by atoms with van der Waals surface area (Å²) in [5, 5.41) is 3.55. The zero-order chi connectivity index (χ0) is 15.5. The molecule has 5 heteroatoms. The first-order valence-corrected chi connectivity index (χ1v) is 7.61. The van der Waals surface area contributed by atoms with Gasteiger partial charge in [-0.2, -0.15) is 0 Å². The molecule has 0 radical (unpaired) electrons. The lowest BCUT2D eigenvalue weighted by atomic mass is 10.1. The molecule has 2 heterocycles. The van der Waals surface area contributed by atoms with Crippen LogP contribution in [-0.2, 0) is 16.1 Å². The molecular weight excluding hydrogens is 280 g/mol. The number of benzene rings is 1. The summed E-state index contributed by atoms with van der Waals surface area (Å²) in [6, 6.07) is 7.20. The number of aromatic nitrogens is 1. The van der Waals surface area contributed by atoms with Gasteiger partial charge in [0.1, 0.15) is 6.54 Å². The summed E-state index contributed by atoms with van der Waals surface area (Å²) >= 11 is 0. The van der Waals surface area contributed by atoms with Crippen LogP contribution in [0.2, 0.25) is 0 Å². The monoisotopic (exact) mass is 300 g/mol. The van der Waals surface area contributed by atoms with Crippen LogP contribution in [0.1, 0.15) is 18.4 Å². The van der Waals surface area contributed by atoms with Gasteiger partial charge in [0.2, 0.25) is 5.91 Å². The number of pyridine rings is 1. The van der Waals surface area contributed by atoms with Crippen molar-refractivity contribution in [3.8, 4) is 0 Å². The number of aryl methyl sites for hydroxylation is 1. The van der Waals surface area contributed by atoms with E-state index in [-0.39, 0.29) is 24.0 Å². The first-order valence-electron chi connectivity index (χ1n) is 7.61. The minimum absolute atomic E-state index is 0.0188. The van der Waals surface area contributed by atoms with Gasteiger partial charge in [-0.3, -0.25) is 9.59 Å². The van der Waals surface area contributed by atoms with Gasteiger partial charge in [-0.15, -0.1) is 0 Å². The van der Waals surface area contributed by atoms with Crippen LogP contribution in [0.3, 0.4) is 0 Å². The topological polar surface area (TPSA) is 60.3 Å². The number of ether oxygens (including phenoxy) is 1. The Bertz CT molecular complexity index is 745. The van der Waals surface area contributed by atoms with Gasteiger partial charge in [-0.05, 0) is 31.9 Å². The maximum Gasteiger partial charge on any atom is 0.240 e. The minimum atomic E-state index is -0.0685. The van der Waals surface area contributed by atoms with Gasteiger partial charge in [-0.1, -0.05) is 11.6 Å². The lowest BCUT2D eigenvalue weighted by Gasteiger charge is -2.13. The molecule has 2 aromatic rings. The third-order valence-electron chi connectivity index (χ3n) is 4.00. The maximum atomic E-state index is 12.1. The van der Waals surface area contributed by atoms with Crippen molar-refractivity contribution in [1.29, 1.82) is 0 Å². The van der Waals surface area contributed by atoms with E-state index >= 15 is 0 Å². The Morgan fingerprint density at radius 2 is 2.27 bits per heavy atom. The molecule has 1 amide bonds. The highest BCUT2D eigenvalue weighted by Gasteiger charge is 2.16. The zero-order valence-corrected chi connectivity index (χ0v) is 12.7. The van der Waals surface area contributed by atoms with Gasteiger partial charge < -0.3 is 14.6 Å². The van der Waals surface area contributed by atoms with Crippen LogP contribution >= 0.6 is 0 Å². The van der Waals surface area contributed by atoms with Gasteiger partial charge in [0, 0.05) is 30.8 Å². The molecule has 0 aliphatic carbocycles. The van der Waals surface area contributed by atoms with E-state index in [4.69, 9.17) is 4.74 Å². The largest absolute Gasteiger partial charge is 0.376 e. The van der Waals surface area contributed by atoms with Crippen LogP contribution in [0.5, 0.6) is 0 Å². The molecule has 1 saturated heterocycles. The Kier molecular flexibility index (Phi) is 4.24. The Morgan fingerprint density at radius 3 is 3.05 bits per heavy atom. The number of fused-ring (bicyclic) bond motifs is 1. The van der Waals surface area contributed by atoms with E-state index in [0.717, 1.165) is 30.5 Å². The van der Waals surface area contributed by atoms with E-state index in [1.54, 1.807) is 10.8 Å². The highest BCUT2D eigenvalue weighted by molar-refractivity contribution is 5.82. The summed E-state index contributed by atoms with van der Waals surface area (Å²) < 4.78 is 7.30. The number of rotatable bonds is 4. The predicted molar refractivity (Wildman–Crippen MR) is 84.9 cm³/mol. The average Bonchev–Trinajstić information content (AvgIpc) is 3.02. The number of hydrogen-bond donors (Lipinski definition) is 1. The summed E-state index contributed by atoms with van der Waals surface area (Å²) in [7, 11) is 0. The molecule has 0 spiro atoms. The molecule has 116 valence electrons. The summed E-state index contributed by atoms with van der Waals surface area (Å²) in [4.78, 5) is 24.0. The van der Waals surface area contributed by atoms with Gasteiger partial charge >= 0.3 is 0 Å². The van der Waals surface area contributed by atoms with Gasteiger partial charge in [0.05, 0.1) is 11.6 Å². The van der Waals surface area contributed by atoms with Crippen LogP contribution in [0.25, 0.3) is 10.9 Å². The second-order valence-electron chi connectivity index (χ2n) is 5.77. The molecule has 0 unspecified atom stereocenters.